The van der Waals surface area contributed by atoms with Gasteiger partial charge in [-0.25, -0.2) is 0 Å². The molecule has 3 heteroatoms. The Labute approximate surface area is 158 Å². The number of nitrogens with zero attached hydrogens (tertiary/aromatic N) is 1. The van der Waals surface area contributed by atoms with Crippen molar-refractivity contribution in [2.45, 2.75) is 44.8 Å². The molecule has 3 N–H and O–H groups in total. The van der Waals surface area contributed by atoms with Crippen LogP contribution in [0.1, 0.15) is 36.8 Å². The number of benzene rings is 2. The van der Waals surface area contributed by atoms with Crippen LogP contribution in [-0.2, 0) is 13.1 Å². The van der Waals surface area contributed by atoms with Crippen LogP contribution < -0.4 is 15.1 Å². The average molecular weight is 352 g/mol. The molecule has 2 heterocycles. The van der Waals surface area contributed by atoms with Gasteiger partial charge in [0.2, 0.25) is 0 Å². The molecule has 2 aliphatic heterocycles. The van der Waals surface area contributed by atoms with Gasteiger partial charge in [-0.05, 0) is 18.9 Å². The molecule has 0 unspecified atom stereocenters. The Morgan fingerprint density at radius 1 is 0.885 bits per heavy atom. The Balaban J connectivity index is 1.26. The average Bonchev–Trinajstić information content (AvgIpc) is 3.23. The molecule has 2 aliphatic rings. The Morgan fingerprint density at radius 2 is 1.58 bits per heavy atom. The third-order valence-electron chi connectivity index (χ3n) is 6.14. The van der Waals surface area contributed by atoms with E-state index in [0.29, 0.717) is 0 Å². The monoisotopic (exact) mass is 351 g/mol. The van der Waals surface area contributed by atoms with Crippen molar-refractivity contribution >= 4 is 5.69 Å². The summed E-state index contributed by atoms with van der Waals surface area (Å²) >= 11 is 0. The molecule has 3 nitrogen and oxygen atoms in total. The molecule has 0 saturated carbocycles. The molecular formula is C23H33N3+2. The van der Waals surface area contributed by atoms with E-state index in [9.17, 15) is 0 Å². The first-order valence-electron chi connectivity index (χ1n) is 10.4. The van der Waals surface area contributed by atoms with Gasteiger partial charge >= 0.3 is 0 Å². The predicted molar refractivity (Wildman–Crippen MR) is 107 cm³/mol. The Bertz CT molecular complexity index is 671. The van der Waals surface area contributed by atoms with E-state index in [1.54, 1.807) is 4.90 Å². The molecule has 0 aliphatic carbocycles. The second-order valence-electron chi connectivity index (χ2n) is 8.01. The molecule has 4 rings (SSSR count). The van der Waals surface area contributed by atoms with Crippen LogP contribution in [0.5, 0.6) is 0 Å². The van der Waals surface area contributed by atoms with Gasteiger partial charge in [0, 0.05) is 42.7 Å². The maximum atomic E-state index is 2.61. The highest BCUT2D eigenvalue weighted by Crippen LogP contribution is 2.23. The summed E-state index contributed by atoms with van der Waals surface area (Å²) in [5, 5.41) is 2.61. The lowest BCUT2D eigenvalue weighted by Crippen LogP contribution is -3.13. The highest BCUT2D eigenvalue weighted by atomic mass is 15.2. The maximum Gasteiger partial charge on any atom is 0.103 e. The molecule has 0 amide bonds. The molecule has 26 heavy (non-hydrogen) atoms. The van der Waals surface area contributed by atoms with Crippen molar-refractivity contribution in [2.24, 2.45) is 0 Å². The zero-order chi connectivity index (χ0) is 17.6. The van der Waals surface area contributed by atoms with Crippen molar-refractivity contribution in [3.05, 3.63) is 65.7 Å². The lowest BCUT2D eigenvalue weighted by molar-refractivity contribution is -0.926. The number of nitrogens with two attached hydrogens (primary N) is 1. The molecule has 0 bridgehead atoms. The van der Waals surface area contributed by atoms with Crippen molar-refractivity contribution in [1.29, 1.82) is 0 Å². The minimum absolute atomic E-state index is 0.793. The van der Waals surface area contributed by atoms with Crippen molar-refractivity contribution in [3.8, 4) is 0 Å². The summed E-state index contributed by atoms with van der Waals surface area (Å²) in [6, 6.07) is 20.8. The molecular weight excluding hydrogens is 318 g/mol. The molecule has 0 radical (unpaired) electrons. The zero-order valence-corrected chi connectivity index (χ0v) is 15.9. The quantitative estimate of drug-likeness (QED) is 0.812. The van der Waals surface area contributed by atoms with Crippen LogP contribution in [0.2, 0.25) is 0 Å². The first-order chi connectivity index (χ1) is 12.9. The molecule has 0 atom stereocenters. The fourth-order valence-electron chi connectivity index (χ4n) is 4.59. The number of rotatable bonds is 6. The summed E-state index contributed by atoms with van der Waals surface area (Å²) < 4.78 is 0. The van der Waals surface area contributed by atoms with Gasteiger partial charge in [-0.1, -0.05) is 48.5 Å². The highest BCUT2D eigenvalue weighted by molar-refractivity contribution is 5.53. The number of hydrogen-bond acceptors (Lipinski definition) is 1. The van der Waals surface area contributed by atoms with Crippen LogP contribution in [-0.4, -0.2) is 32.2 Å². The molecule has 138 valence electrons. The summed E-state index contributed by atoms with van der Waals surface area (Å²) in [7, 11) is 0. The van der Waals surface area contributed by atoms with Crippen molar-refractivity contribution in [1.82, 2.24) is 0 Å². The van der Waals surface area contributed by atoms with Crippen LogP contribution in [0.3, 0.4) is 0 Å². The largest absolute Gasteiger partial charge is 0.371 e. The van der Waals surface area contributed by atoms with E-state index >= 15 is 0 Å². The number of quaternary nitrogens is 2. The number of para-hydroxylation sites is 1. The maximum absolute atomic E-state index is 2.61. The normalized spacial score (nSPS) is 23.3. The van der Waals surface area contributed by atoms with Gasteiger partial charge in [-0.3, -0.25) is 0 Å². The molecule has 2 fully saturated rings. The van der Waals surface area contributed by atoms with E-state index in [0.717, 1.165) is 12.6 Å². The summed E-state index contributed by atoms with van der Waals surface area (Å²) in [6.45, 7) is 7.40. The van der Waals surface area contributed by atoms with E-state index in [-0.39, 0.29) is 0 Å². The fourth-order valence-corrected chi connectivity index (χ4v) is 4.59. The van der Waals surface area contributed by atoms with Gasteiger partial charge in [0.15, 0.2) is 0 Å². The number of hydrogen-bond donors (Lipinski definition) is 2. The lowest BCUT2D eigenvalue weighted by atomic mass is 10.0. The summed E-state index contributed by atoms with van der Waals surface area (Å²) in [6.07, 6.45) is 5.38. The molecule has 0 aromatic heterocycles. The standard InChI is InChI=1S/C23H31N3/c1-2-8-20(9-3-1)19-25-16-12-22(13-17-25)24-18-21-10-4-5-11-23(21)26-14-6-7-15-26/h1-5,8-11,22,24H,6-7,12-19H2/p+2. The van der Waals surface area contributed by atoms with E-state index < -0.39 is 0 Å². The first kappa shape index (κ1) is 17.6. The van der Waals surface area contributed by atoms with Gasteiger partial charge in [0.05, 0.1) is 19.1 Å². The fraction of sp³-hybridized carbons (Fsp3) is 0.478. The van der Waals surface area contributed by atoms with Gasteiger partial charge in [-0.2, -0.15) is 0 Å². The molecule has 2 aromatic rings. The highest BCUT2D eigenvalue weighted by Gasteiger charge is 2.25. The first-order valence-corrected chi connectivity index (χ1v) is 10.4. The third kappa shape index (κ3) is 4.46. The molecule has 2 aromatic carbocycles. The van der Waals surface area contributed by atoms with Gasteiger partial charge in [0.25, 0.3) is 0 Å². The topological polar surface area (TPSA) is 24.3 Å². The zero-order valence-electron chi connectivity index (χ0n) is 15.9. The minimum atomic E-state index is 0.793. The van der Waals surface area contributed by atoms with Crippen molar-refractivity contribution in [2.75, 3.05) is 31.1 Å². The van der Waals surface area contributed by atoms with Crippen molar-refractivity contribution < 1.29 is 10.2 Å². The van der Waals surface area contributed by atoms with Crippen LogP contribution >= 0.6 is 0 Å². The van der Waals surface area contributed by atoms with Gasteiger partial charge in [-0.15, -0.1) is 0 Å². The molecule has 2 saturated heterocycles. The Kier molecular flexibility index (Phi) is 5.88. The number of likely N-dealkylation sites (tertiary alicyclic amines) is 1. The number of piperidine rings is 1. The van der Waals surface area contributed by atoms with Crippen LogP contribution in [0, 0.1) is 0 Å². The van der Waals surface area contributed by atoms with Gasteiger partial charge < -0.3 is 15.1 Å². The smallest absolute Gasteiger partial charge is 0.103 e. The molecule has 0 spiro atoms. The van der Waals surface area contributed by atoms with E-state index in [1.807, 2.05) is 0 Å². The minimum Gasteiger partial charge on any atom is -0.371 e. The van der Waals surface area contributed by atoms with Crippen LogP contribution in [0.4, 0.5) is 5.69 Å². The SMILES string of the molecule is c1ccc(C[NH+]2CCC([NH2+]Cc3ccccc3N3CCCC3)CC2)cc1. The Hall–Kier alpha value is -1.84. The Morgan fingerprint density at radius 3 is 2.35 bits per heavy atom. The predicted octanol–water partition coefficient (Wildman–Crippen LogP) is 1.60. The van der Waals surface area contributed by atoms with Crippen molar-refractivity contribution in [3.63, 3.8) is 0 Å². The third-order valence-corrected chi connectivity index (χ3v) is 6.14. The van der Waals surface area contributed by atoms with E-state index in [2.05, 4.69) is 64.8 Å². The lowest BCUT2D eigenvalue weighted by Gasteiger charge is -2.28. The second-order valence-corrected chi connectivity index (χ2v) is 8.01. The summed E-state index contributed by atoms with van der Waals surface area (Å²) in [4.78, 5) is 4.33. The summed E-state index contributed by atoms with van der Waals surface area (Å²) in [5.74, 6) is 0. The number of nitrogens with one attached hydrogen (secondary N) is 1. The summed E-state index contributed by atoms with van der Waals surface area (Å²) in [5.41, 5.74) is 4.48. The second kappa shape index (κ2) is 8.70. The van der Waals surface area contributed by atoms with Crippen LogP contribution in [0.25, 0.3) is 0 Å². The van der Waals surface area contributed by atoms with E-state index in [1.165, 1.54) is 75.2 Å². The van der Waals surface area contributed by atoms with Gasteiger partial charge in [0.1, 0.15) is 13.1 Å². The van der Waals surface area contributed by atoms with E-state index in [4.69, 9.17) is 0 Å². The number of anilines is 1. The van der Waals surface area contributed by atoms with Crippen LogP contribution in [0.15, 0.2) is 54.6 Å².